The van der Waals surface area contributed by atoms with Crippen molar-refractivity contribution in [3.05, 3.63) is 0 Å². The smallest absolute Gasteiger partial charge is 0.907 e. The Bertz CT molecular complexity index is 120. The van der Waals surface area contributed by atoms with Crippen LogP contribution in [0.4, 0.5) is 8.78 Å². The maximum Gasteiger partial charge on any atom is 1.00 e. The number of hydrogen-bond donors (Lipinski definition) is 0. The molecule has 0 saturated heterocycles. The van der Waals surface area contributed by atoms with Crippen molar-refractivity contribution in [1.29, 1.82) is 0 Å². The van der Waals surface area contributed by atoms with Gasteiger partial charge in [0.25, 0.3) is 0 Å². The quantitative estimate of drug-likeness (QED) is 0.153. The number of carbonyl (C=O) groups excluding carboxylic acids is 2. The van der Waals surface area contributed by atoms with E-state index < -0.39 is 19.4 Å². The summed E-state index contributed by atoms with van der Waals surface area (Å²) in [6.45, 7) is 0. The summed E-state index contributed by atoms with van der Waals surface area (Å²) >= 11 is 0. The Hall–Kier alpha value is 3.94. The maximum atomic E-state index is 10.5. The van der Waals surface area contributed by atoms with Gasteiger partial charge in [-0.3, -0.25) is 7.32 Å². The van der Waals surface area contributed by atoms with Crippen LogP contribution in [-0.4, -0.2) is 19.4 Å². The van der Waals surface area contributed by atoms with E-state index in [1.165, 1.54) is 0 Å². The fourth-order valence-electron chi connectivity index (χ4n) is 0. The van der Waals surface area contributed by atoms with Gasteiger partial charge in [-0.15, -0.1) is 0 Å². The zero-order valence-corrected chi connectivity index (χ0v) is 32.0. The van der Waals surface area contributed by atoms with Crippen LogP contribution in [0.5, 0.6) is 0 Å². The summed E-state index contributed by atoms with van der Waals surface area (Å²) in [5, 5.41) is 25.2. The molecule has 0 aliphatic rings. The van der Waals surface area contributed by atoms with E-state index in [1.807, 2.05) is 0 Å². The van der Waals surface area contributed by atoms with Crippen molar-refractivity contribution in [3.8, 4) is 0 Å². The fourth-order valence-corrected chi connectivity index (χ4v) is 0. The molecule has 58 valence electrons. The predicted octanol–water partition coefficient (Wildman–Crippen LogP) is -3.97. The molecule has 0 radical (unpaired) electrons. The third-order valence-electron chi connectivity index (χ3n) is 0.155. The molecule has 11 heteroatoms. The van der Waals surface area contributed by atoms with Crippen molar-refractivity contribution in [2.24, 2.45) is 0 Å². The van der Waals surface area contributed by atoms with Gasteiger partial charge in [0.1, 0.15) is 0 Å². The summed E-state index contributed by atoms with van der Waals surface area (Å²) in [4.78, 5) is 17.5. The second kappa shape index (κ2) is 21.2. The standard InChI is InChI=1S/C2F2O2.BO3.3Fr/c3-1(5)2(4)6;2-1(3)4;;;/q;-3;3*+1. The third kappa shape index (κ3) is 49.1. The number of carbonyl (C=O) groups is 2. The van der Waals surface area contributed by atoms with Gasteiger partial charge >= 0.3 is 162 Å². The van der Waals surface area contributed by atoms with Crippen LogP contribution < -0.4 is 15.1 Å². The van der Waals surface area contributed by atoms with E-state index in [4.69, 9.17) is 24.7 Å². The minimum Gasteiger partial charge on any atom is -0.907 e. The van der Waals surface area contributed by atoms with E-state index in [0.29, 0.717) is 0 Å². The van der Waals surface area contributed by atoms with Gasteiger partial charge in [0.15, 0.2) is 0 Å². The molecule has 0 amide bonds. The third-order valence-corrected chi connectivity index (χ3v) is 0.155. The first-order valence-corrected chi connectivity index (χ1v) is 1.74. The predicted molar refractivity (Wildman–Crippen MR) is 18.0 cm³/mol. The first-order valence-electron chi connectivity index (χ1n) is 1.74. The summed E-state index contributed by atoms with van der Waals surface area (Å²) in [6.07, 6.45) is 0. The first-order chi connectivity index (χ1) is 4.37. The Labute approximate surface area is 197 Å². The zero-order chi connectivity index (χ0) is 8.73. The van der Waals surface area contributed by atoms with Crippen LogP contribution in [0.25, 0.3) is 0 Å². The molecule has 5 nitrogen and oxygen atoms in total. The molecule has 0 aromatic carbocycles. The Morgan fingerprint density at radius 3 is 0.923 bits per heavy atom. The van der Waals surface area contributed by atoms with Crippen LogP contribution in [0, 0.1) is 150 Å². The van der Waals surface area contributed by atoms with Gasteiger partial charge in [0, 0.05) is 0 Å². The molecule has 0 aliphatic carbocycles. The molecule has 0 N–H and O–H groups in total. The van der Waals surface area contributed by atoms with Crippen molar-refractivity contribution in [3.63, 3.8) is 0 Å². The van der Waals surface area contributed by atoms with Crippen LogP contribution in [0.15, 0.2) is 0 Å². The van der Waals surface area contributed by atoms with Crippen LogP contribution in [-0.2, 0) is 9.59 Å². The summed E-state index contributed by atoms with van der Waals surface area (Å²) < 4.78 is 20.9. The normalized spacial score (nSPS) is 5.62. The molecule has 0 aromatic rings. The number of hydrogen-bond acceptors (Lipinski definition) is 5. The summed E-state index contributed by atoms with van der Waals surface area (Å²) in [6, 6.07) is -5.09. The number of rotatable bonds is 1. The van der Waals surface area contributed by atoms with Crippen molar-refractivity contribution in [2.75, 3.05) is 0 Å². The van der Waals surface area contributed by atoms with Gasteiger partial charge in [-0.2, -0.15) is 8.78 Å². The van der Waals surface area contributed by atoms with Gasteiger partial charge in [0.2, 0.25) is 0 Å². The molecule has 0 fully saturated rings. The molecule has 0 unspecified atom stereocenters. The minimum absolute atomic E-state index is 0. The molecule has 0 spiro atoms. The monoisotopic (exact) mass is 822 g/mol. The average Bonchev–Trinajstić information content (AvgIpc) is 1.63. The topological polar surface area (TPSA) is 103 Å². The van der Waals surface area contributed by atoms with E-state index >= 15 is 0 Å². The molecule has 0 rings (SSSR count). The van der Waals surface area contributed by atoms with E-state index in [9.17, 15) is 8.78 Å². The number of halogens is 2. The van der Waals surface area contributed by atoms with E-state index in [2.05, 4.69) is 0 Å². The van der Waals surface area contributed by atoms with Crippen LogP contribution in [0.2, 0.25) is 0 Å². The van der Waals surface area contributed by atoms with Gasteiger partial charge in [-0.05, 0) is 0 Å². The van der Waals surface area contributed by atoms with Gasteiger partial charge in [0.05, 0.1) is 0 Å². The Kier molecular flexibility index (Phi) is 49.3. The zero-order valence-electron chi connectivity index (χ0n) is 7.37. The molecular weight excluding hydrogens is 822 g/mol. The summed E-state index contributed by atoms with van der Waals surface area (Å²) in [5.41, 5.74) is 0. The molecule has 0 aliphatic heterocycles. The Balaban J connectivity index is -0.0000000279. The van der Waals surface area contributed by atoms with Crippen LogP contribution in [0.1, 0.15) is 0 Å². The molecule has 0 bridgehead atoms. The molecule has 0 aromatic heterocycles. The van der Waals surface area contributed by atoms with Crippen molar-refractivity contribution >= 4 is 19.4 Å². The van der Waals surface area contributed by atoms with E-state index in [-0.39, 0.29) is 150 Å². The summed E-state index contributed by atoms with van der Waals surface area (Å²) in [7, 11) is -2.92. The molecule has 0 saturated carbocycles. The second-order valence-corrected chi connectivity index (χ2v) is 0.836. The van der Waals surface area contributed by atoms with Gasteiger partial charge < -0.3 is 15.1 Å². The Morgan fingerprint density at radius 2 is 0.923 bits per heavy atom. The first kappa shape index (κ1) is 30.2. The average molecular weight is 822 g/mol. The van der Waals surface area contributed by atoms with E-state index in [1.54, 1.807) is 0 Å². The van der Waals surface area contributed by atoms with Gasteiger partial charge in [-0.25, -0.2) is 9.59 Å². The minimum atomic E-state index is -2.92. The largest absolute Gasteiger partial charge is 1.00 e. The van der Waals surface area contributed by atoms with Crippen LogP contribution >= 0.6 is 0 Å². The van der Waals surface area contributed by atoms with Gasteiger partial charge in [-0.1, -0.05) is 0 Å². The van der Waals surface area contributed by atoms with E-state index in [0.717, 1.165) is 0 Å². The molecule has 0 heterocycles. The summed E-state index contributed by atoms with van der Waals surface area (Å²) in [5.74, 6) is 0. The Morgan fingerprint density at radius 1 is 0.846 bits per heavy atom. The molecule has 13 heavy (non-hydrogen) atoms. The molecular formula is C2BF2Fr3O5. The SMILES string of the molecule is O=C(F)C(=O)F.[Fr+].[Fr+].[Fr+].[O-]B([O-])[O-]. The fraction of sp³-hybridized carbons (Fsp3) is 0. The molecule has 0 atom stereocenters. The maximum absolute atomic E-state index is 10.5. The van der Waals surface area contributed by atoms with Crippen molar-refractivity contribution in [2.45, 2.75) is 0 Å². The second-order valence-electron chi connectivity index (χ2n) is 0.836. The van der Waals surface area contributed by atoms with Crippen LogP contribution in [0.3, 0.4) is 0 Å². The van der Waals surface area contributed by atoms with Crippen molar-refractivity contribution in [1.82, 2.24) is 0 Å². The van der Waals surface area contributed by atoms with Crippen molar-refractivity contribution < 1.29 is 183 Å².